The first-order valence-electron chi connectivity index (χ1n) is 14.2. The van der Waals surface area contributed by atoms with Gasteiger partial charge < -0.3 is 15.1 Å². The molecular weight excluding hydrogens is 505 g/mol. The lowest BCUT2D eigenvalue weighted by molar-refractivity contribution is -0.136. The lowest BCUT2D eigenvalue weighted by atomic mass is 9.81. The number of aromatic nitrogens is 1. The number of carboxylic acids is 1. The SMILES string of the molecule is Cc1cc(F)ccc1CN1CCc2cc(-c3c(CO)nc(C)c(CC(=O)O)c3N3CCC(C)(C)CC3)ccc2C1. The Hall–Kier alpha value is -3.29. The summed E-state index contributed by atoms with van der Waals surface area (Å²) in [5.74, 6) is -1.09. The third-order valence-electron chi connectivity index (χ3n) is 8.75. The zero-order chi connectivity index (χ0) is 28.6. The predicted octanol–water partition coefficient (Wildman–Crippen LogP) is 5.81. The molecule has 5 rings (SSSR count). The van der Waals surface area contributed by atoms with Crippen LogP contribution in [0.15, 0.2) is 36.4 Å². The first-order chi connectivity index (χ1) is 19.0. The molecule has 3 heterocycles. The average molecular weight is 546 g/mol. The average Bonchev–Trinajstić information content (AvgIpc) is 2.91. The van der Waals surface area contributed by atoms with E-state index >= 15 is 0 Å². The van der Waals surface area contributed by atoms with Crippen LogP contribution in [0, 0.1) is 25.1 Å². The molecule has 3 aromatic rings. The molecule has 1 aromatic heterocycles. The molecule has 40 heavy (non-hydrogen) atoms. The van der Waals surface area contributed by atoms with Gasteiger partial charge in [0.05, 0.1) is 24.4 Å². The Kier molecular flexibility index (Phi) is 7.98. The van der Waals surface area contributed by atoms with Gasteiger partial charge in [0.1, 0.15) is 5.82 Å². The van der Waals surface area contributed by atoms with Crippen LogP contribution in [0.1, 0.15) is 65.9 Å². The molecule has 0 saturated carbocycles. The molecule has 0 bridgehead atoms. The summed E-state index contributed by atoms with van der Waals surface area (Å²) in [6, 6.07) is 11.5. The van der Waals surface area contributed by atoms with E-state index < -0.39 is 5.97 Å². The lowest BCUT2D eigenvalue weighted by Crippen LogP contribution is -2.38. The second-order valence-electron chi connectivity index (χ2n) is 12.2. The first kappa shape index (κ1) is 28.2. The van der Waals surface area contributed by atoms with Gasteiger partial charge in [0.2, 0.25) is 0 Å². The quantitative estimate of drug-likeness (QED) is 0.390. The van der Waals surface area contributed by atoms with Crippen LogP contribution in [-0.2, 0) is 37.3 Å². The van der Waals surface area contributed by atoms with E-state index in [4.69, 9.17) is 4.98 Å². The zero-order valence-electron chi connectivity index (χ0n) is 24.1. The van der Waals surface area contributed by atoms with Crippen molar-refractivity contribution in [3.05, 3.63) is 81.4 Å². The monoisotopic (exact) mass is 545 g/mol. The van der Waals surface area contributed by atoms with Crippen molar-refractivity contribution >= 4 is 11.7 Å². The third kappa shape index (κ3) is 5.91. The Morgan fingerprint density at radius 1 is 1.05 bits per heavy atom. The van der Waals surface area contributed by atoms with Gasteiger partial charge in [0, 0.05) is 49.5 Å². The molecule has 0 amide bonds. The molecule has 0 spiro atoms. The smallest absolute Gasteiger partial charge is 0.307 e. The van der Waals surface area contributed by atoms with Gasteiger partial charge in [-0.2, -0.15) is 0 Å². The Morgan fingerprint density at radius 3 is 2.48 bits per heavy atom. The zero-order valence-corrected chi connectivity index (χ0v) is 24.1. The predicted molar refractivity (Wildman–Crippen MR) is 156 cm³/mol. The van der Waals surface area contributed by atoms with Crippen molar-refractivity contribution in [3.63, 3.8) is 0 Å². The van der Waals surface area contributed by atoms with E-state index in [1.165, 1.54) is 17.2 Å². The third-order valence-corrected chi connectivity index (χ3v) is 8.75. The molecule has 0 atom stereocenters. The fourth-order valence-electron chi connectivity index (χ4n) is 6.23. The number of hydrogen-bond acceptors (Lipinski definition) is 5. The van der Waals surface area contributed by atoms with Gasteiger partial charge in [-0.05, 0) is 78.5 Å². The van der Waals surface area contributed by atoms with Crippen molar-refractivity contribution in [2.75, 3.05) is 24.5 Å². The summed E-state index contributed by atoms with van der Waals surface area (Å²) >= 11 is 0. The van der Waals surface area contributed by atoms with Crippen molar-refractivity contribution in [1.82, 2.24) is 9.88 Å². The number of nitrogens with zero attached hydrogens (tertiary/aromatic N) is 3. The minimum Gasteiger partial charge on any atom is -0.481 e. The highest BCUT2D eigenvalue weighted by Crippen LogP contribution is 2.42. The number of aliphatic hydroxyl groups is 1. The second kappa shape index (κ2) is 11.3. The van der Waals surface area contributed by atoms with Crippen molar-refractivity contribution in [2.24, 2.45) is 5.41 Å². The minimum absolute atomic E-state index is 0.102. The van der Waals surface area contributed by atoms with E-state index in [2.05, 4.69) is 41.8 Å². The molecule has 1 saturated heterocycles. The van der Waals surface area contributed by atoms with Gasteiger partial charge >= 0.3 is 5.97 Å². The maximum absolute atomic E-state index is 13.6. The maximum atomic E-state index is 13.6. The molecular formula is C33H40FN3O3. The Bertz CT molecular complexity index is 1420. The van der Waals surface area contributed by atoms with Gasteiger partial charge in [-0.15, -0.1) is 0 Å². The highest BCUT2D eigenvalue weighted by molar-refractivity contribution is 5.86. The van der Waals surface area contributed by atoms with E-state index in [1.807, 2.05) is 19.9 Å². The van der Waals surface area contributed by atoms with Gasteiger partial charge in [-0.25, -0.2) is 4.39 Å². The normalized spacial score (nSPS) is 17.1. The Morgan fingerprint density at radius 2 is 1.80 bits per heavy atom. The van der Waals surface area contributed by atoms with Crippen LogP contribution >= 0.6 is 0 Å². The number of halogens is 1. The number of hydrogen-bond donors (Lipinski definition) is 2. The van der Waals surface area contributed by atoms with E-state index in [1.54, 1.807) is 6.07 Å². The van der Waals surface area contributed by atoms with Crippen LogP contribution in [0.2, 0.25) is 0 Å². The summed E-state index contributed by atoms with van der Waals surface area (Å²) in [7, 11) is 0. The van der Waals surface area contributed by atoms with E-state index in [0.29, 0.717) is 11.4 Å². The number of benzene rings is 2. The van der Waals surface area contributed by atoms with Crippen LogP contribution in [-0.4, -0.2) is 45.7 Å². The van der Waals surface area contributed by atoms with Crippen LogP contribution in [0.4, 0.5) is 10.1 Å². The second-order valence-corrected chi connectivity index (χ2v) is 12.2. The number of rotatable bonds is 7. The number of fused-ring (bicyclic) bond motifs is 1. The number of carbonyl (C=O) groups is 1. The summed E-state index contributed by atoms with van der Waals surface area (Å²) in [6.45, 7) is 12.3. The fourth-order valence-corrected chi connectivity index (χ4v) is 6.23. The van der Waals surface area contributed by atoms with Crippen LogP contribution in [0.3, 0.4) is 0 Å². The fraction of sp³-hybridized carbons (Fsp3) is 0.455. The topological polar surface area (TPSA) is 76.9 Å². The van der Waals surface area contributed by atoms with E-state index in [0.717, 1.165) is 85.5 Å². The molecule has 2 aliphatic rings. The lowest BCUT2D eigenvalue weighted by Gasteiger charge is -2.40. The van der Waals surface area contributed by atoms with Gasteiger partial charge in [0.25, 0.3) is 0 Å². The molecule has 0 radical (unpaired) electrons. The minimum atomic E-state index is -0.881. The molecule has 2 aromatic carbocycles. The Labute approximate surface area is 236 Å². The maximum Gasteiger partial charge on any atom is 0.307 e. The largest absolute Gasteiger partial charge is 0.481 e. The van der Waals surface area contributed by atoms with Crippen LogP contribution in [0.5, 0.6) is 0 Å². The number of aryl methyl sites for hydroxylation is 2. The number of pyridine rings is 1. The standard InChI is InChI=1S/C33H40FN3O3/c1-21-15-27(34)8-7-25(21)18-36-12-9-23-16-24(5-6-26(23)19-36)31-29(20-38)35-22(2)28(17-30(39)40)32(31)37-13-10-33(3,4)11-14-37/h5-8,15-16,38H,9-14,17-20H2,1-4H3,(H,39,40). The highest BCUT2D eigenvalue weighted by Gasteiger charge is 2.31. The molecule has 7 heteroatoms. The number of piperidine rings is 1. The van der Waals surface area contributed by atoms with Gasteiger partial charge in [0.15, 0.2) is 0 Å². The van der Waals surface area contributed by atoms with Gasteiger partial charge in [-0.1, -0.05) is 38.1 Å². The summed E-state index contributed by atoms with van der Waals surface area (Å²) in [4.78, 5) is 21.4. The van der Waals surface area contributed by atoms with Crippen molar-refractivity contribution in [1.29, 1.82) is 0 Å². The number of anilines is 1. The molecule has 0 unspecified atom stereocenters. The molecule has 6 nitrogen and oxygen atoms in total. The molecule has 1 fully saturated rings. The molecule has 2 aliphatic heterocycles. The van der Waals surface area contributed by atoms with Gasteiger partial charge in [-0.3, -0.25) is 14.7 Å². The molecule has 2 N–H and O–H groups in total. The highest BCUT2D eigenvalue weighted by atomic mass is 19.1. The van der Waals surface area contributed by atoms with Crippen LogP contribution in [0.25, 0.3) is 11.1 Å². The van der Waals surface area contributed by atoms with Crippen molar-refractivity contribution in [2.45, 2.75) is 73.1 Å². The number of aliphatic hydroxyl groups excluding tert-OH is 1. The van der Waals surface area contributed by atoms with Crippen molar-refractivity contribution in [3.8, 4) is 11.1 Å². The Balaban J connectivity index is 1.51. The first-order valence-corrected chi connectivity index (χ1v) is 14.2. The summed E-state index contributed by atoms with van der Waals surface area (Å²) in [6.07, 6.45) is 2.81. The molecule has 212 valence electrons. The van der Waals surface area contributed by atoms with E-state index in [-0.39, 0.29) is 24.3 Å². The van der Waals surface area contributed by atoms with Crippen molar-refractivity contribution < 1.29 is 19.4 Å². The number of carboxylic acid groups (broad SMARTS) is 1. The van der Waals surface area contributed by atoms with Crippen LogP contribution < -0.4 is 4.90 Å². The number of aliphatic carboxylic acids is 1. The van der Waals surface area contributed by atoms with E-state index in [9.17, 15) is 19.4 Å². The summed E-state index contributed by atoms with van der Waals surface area (Å²) < 4.78 is 13.6. The molecule has 0 aliphatic carbocycles. The summed E-state index contributed by atoms with van der Waals surface area (Å²) in [5.41, 5.74) is 9.62. The summed E-state index contributed by atoms with van der Waals surface area (Å²) in [5, 5.41) is 20.2.